The molecule has 0 fully saturated rings. The van der Waals surface area contributed by atoms with Gasteiger partial charge < -0.3 is 19.9 Å². The maximum Gasteiger partial charge on any atom is 0.354 e. The molecule has 110 valence electrons. The number of nitrogens with one attached hydrogen (secondary N) is 1. The Morgan fingerprint density at radius 3 is 2.86 bits per heavy atom. The van der Waals surface area contributed by atoms with Crippen LogP contribution in [0.25, 0.3) is 10.9 Å². The van der Waals surface area contributed by atoms with E-state index in [0.29, 0.717) is 23.4 Å². The van der Waals surface area contributed by atoms with Crippen LogP contribution in [0.1, 0.15) is 35.5 Å². The molecule has 0 aliphatic carbocycles. The van der Waals surface area contributed by atoms with Crippen LogP contribution in [0.3, 0.4) is 0 Å². The van der Waals surface area contributed by atoms with Crippen molar-refractivity contribution >= 4 is 16.9 Å². The first-order valence-electron chi connectivity index (χ1n) is 6.59. The quantitative estimate of drug-likeness (QED) is 0.725. The van der Waals surface area contributed by atoms with E-state index in [9.17, 15) is 15.0 Å². The van der Waals surface area contributed by atoms with Gasteiger partial charge in [0.15, 0.2) is 0 Å². The van der Waals surface area contributed by atoms with Crippen LogP contribution in [-0.2, 0) is 4.74 Å². The van der Waals surface area contributed by atoms with Gasteiger partial charge in [-0.25, -0.2) is 4.79 Å². The van der Waals surface area contributed by atoms with Gasteiger partial charge in [-0.3, -0.25) is 0 Å². The van der Waals surface area contributed by atoms with Crippen molar-refractivity contribution in [1.29, 1.82) is 5.26 Å². The second-order valence-corrected chi connectivity index (χ2v) is 4.62. The molecule has 0 amide bonds. The van der Waals surface area contributed by atoms with Crippen LogP contribution >= 0.6 is 0 Å². The molecule has 3 N–H and O–H groups in total. The molecule has 1 heterocycles. The zero-order valence-corrected chi connectivity index (χ0v) is 11.5. The number of benzene rings is 1. The van der Waals surface area contributed by atoms with Crippen molar-refractivity contribution in [2.45, 2.75) is 25.6 Å². The Kier molecular flexibility index (Phi) is 4.58. The van der Waals surface area contributed by atoms with Gasteiger partial charge in [0.1, 0.15) is 11.8 Å². The fourth-order valence-electron chi connectivity index (χ4n) is 2.07. The van der Waals surface area contributed by atoms with Gasteiger partial charge in [-0.1, -0.05) is 12.1 Å². The van der Waals surface area contributed by atoms with Gasteiger partial charge in [0, 0.05) is 10.9 Å². The molecular formula is C15H16N2O4. The van der Waals surface area contributed by atoms with Gasteiger partial charge in [-0.15, -0.1) is 0 Å². The maximum absolute atomic E-state index is 11.6. The number of rotatable bonds is 5. The predicted molar refractivity (Wildman–Crippen MR) is 75.5 cm³/mol. The summed E-state index contributed by atoms with van der Waals surface area (Å²) in [6, 6.07) is 8.49. The summed E-state index contributed by atoms with van der Waals surface area (Å²) in [7, 11) is 0. The number of nitriles is 1. The number of fused-ring (bicyclic) bond motifs is 1. The number of ether oxygens (including phenoxy) is 1. The highest BCUT2D eigenvalue weighted by molar-refractivity contribution is 5.94. The molecule has 21 heavy (non-hydrogen) atoms. The number of aromatic nitrogens is 1. The van der Waals surface area contributed by atoms with Crippen LogP contribution in [0.5, 0.6) is 0 Å². The number of aliphatic hydroxyl groups is 2. The topological polar surface area (TPSA) is 106 Å². The minimum Gasteiger partial charge on any atom is -0.461 e. The molecule has 6 heteroatoms. The van der Waals surface area contributed by atoms with E-state index in [1.54, 1.807) is 31.2 Å². The van der Waals surface area contributed by atoms with Crippen molar-refractivity contribution < 1.29 is 19.7 Å². The van der Waals surface area contributed by atoms with Gasteiger partial charge in [-0.05, 0) is 24.6 Å². The zero-order valence-electron chi connectivity index (χ0n) is 11.5. The highest BCUT2D eigenvalue weighted by atomic mass is 16.5. The van der Waals surface area contributed by atoms with Crippen molar-refractivity contribution in [3.8, 4) is 6.07 Å². The van der Waals surface area contributed by atoms with E-state index in [0.717, 1.165) is 5.39 Å². The van der Waals surface area contributed by atoms with Crippen LogP contribution < -0.4 is 0 Å². The second kappa shape index (κ2) is 6.39. The first-order chi connectivity index (χ1) is 10.1. The first-order valence-corrected chi connectivity index (χ1v) is 6.59. The molecule has 1 aromatic carbocycles. The predicted octanol–water partition coefficient (Wildman–Crippen LogP) is 1.65. The number of hydrogen-bond donors (Lipinski definition) is 3. The summed E-state index contributed by atoms with van der Waals surface area (Å²) >= 11 is 0. The number of carbonyl (C=O) groups is 1. The third kappa shape index (κ3) is 3.21. The summed E-state index contributed by atoms with van der Waals surface area (Å²) in [5.74, 6) is -0.444. The van der Waals surface area contributed by atoms with Gasteiger partial charge >= 0.3 is 5.97 Å². The Balaban J connectivity index is 2.29. The van der Waals surface area contributed by atoms with Gasteiger partial charge in [-0.2, -0.15) is 5.26 Å². The van der Waals surface area contributed by atoms with Crippen LogP contribution in [-0.4, -0.2) is 33.9 Å². The van der Waals surface area contributed by atoms with Gasteiger partial charge in [0.2, 0.25) is 0 Å². The number of aliphatic hydroxyl groups excluding tert-OH is 2. The molecule has 2 rings (SSSR count). The SMILES string of the molecule is CCOC(=O)c1cc2ccc(C(O)C(O)CC#N)cc2[nH]1. The van der Waals surface area contributed by atoms with E-state index < -0.39 is 18.2 Å². The number of H-pyrrole nitrogens is 1. The Bertz CT molecular complexity index is 687. The van der Waals surface area contributed by atoms with Crippen molar-refractivity contribution in [3.63, 3.8) is 0 Å². The zero-order chi connectivity index (χ0) is 15.4. The molecule has 2 unspecified atom stereocenters. The molecule has 6 nitrogen and oxygen atoms in total. The number of hydrogen-bond acceptors (Lipinski definition) is 5. The smallest absolute Gasteiger partial charge is 0.354 e. The molecule has 0 radical (unpaired) electrons. The molecular weight excluding hydrogens is 272 g/mol. The van der Waals surface area contributed by atoms with Crippen molar-refractivity contribution in [2.24, 2.45) is 0 Å². The lowest BCUT2D eigenvalue weighted by Gasteiger charge is -2.15. The van der Waals surface area contributed by atoms with E-state index in [1.807, 2.05) is 6.07 Å². The molecule has 0 spiro atoms. The molecule has 0 bridgehead atoms. The molecule has 0 saturated heterocycles. The van der Waals surface area contributed by atoms with E-state index in [2.05, 4.69) is 4.98 Å². The van der Waals surface area contributed by atoms with Crippen molar-refractivity contribution in [3.05, 3.63) is 35.5 Å². The lowest BCUT2D eigenvalue weighted by atomic mass is 10.0. The molecule has 2 atom stereocenters. The van der Waals surface area contributed by atoms with E-state index in [1.165, 1.54) is 0 Å². The molecule has 0 aliphatic heterocycles. The Hall–Kier alpha value is -2.36. The average Bonchev–Trinajstić information content (AvgIpc) is 2.90. The molecule has 0 saturated carbocycles. The minimum atomic E-state index is -1.15. The lowest BCUT2D eigenvalue weighted by Crippen LogP contribution is -2.17. The standard InChI is InChI=1S/C15H16N2O4/c1-2-21-15(20)12-7-9-3-4-10(8-11(9)17-12)14(19)13(18)5-6-16/h3-4,7-8,13-14,17-19H,2,5H2,1H3. The van der Waals surface area contributed by atoms with Crippen molar-refractivity contribution in [2.75, 3.05) is 6.61 Å². The van der Waals surface area contributed by atoms with Gasteiger partial charge in [0.05, 0.1) is 25.2 Å². The number of esters is 1. The Morgan fingerprint density at radius 1 is 1.43 bits per heavy atom. The van der Waals surface area contributed by atoms with E-state index in [4.69, 9.17) is 10.00 Å². The summed E-state index contributed by atoms with van der Waals surface area (Å²) in [6.07, 6.45) is -2.45. The highest BCUT2D eigenvalue weighted by Gasteiger charge is 2.19. The maximum atomic E-state index is 11.6. The summed E-state index contributed by atoms with van der Waals surface area (Å²) in [4.78, 5) is 14.6. The number of nitrogens with zero attached hydrogens (tertiary/aromatic N) is 1. The largest absolute Gasteiger partial charge is 0.461 e. The third-order valence-corrected chi connectivity index (χ3v) is 3.15. The third-order valence-electron chi connectivity index (χ3n) is 3.15. The number of carbonyl (C=O) groups excluding carboxylic acids is 1. The first kappa shape index (κ1) is 15.0. The monoisotopic (exact) mass is 288 g/mol. The van der Waals surface area contributed by atoms with Crippen LogP contribution in [0.2, 0.25) is 0 Å². The van der Waals surface area contributed by atoms with Crippen LogP contribution in [0, 0.1) is 11.3 Å². The minimum absolute atomic E-state index is 0.155. The fourth-order valence-corrected chi connectivity index (χ4v) is 2.07. The van der Waals surface area contributed by atoms with Gasteiger partial charge in [0.25, 0.3) is 0 Å². The Morgan fingerprint density at radius 2 is 2.19 bits per heavy atom. The molecule has 1 aromatic heterocycles. The fraction of sp³-hybridized carbons (Fsp3) is 0.333. The second-order valence-electron chi connectivity index (χ2n) is 4.62. The van der Waals surface area contributed by atoms with Crippen LogP contribution in [0.15, 0.2) is 24.3 Å². The van der Waals surface area contributed by atoms with E-state index >= 15 is 0 Å². The van der Waals surface area contributed by atoms with Crippen molar-refractivity contribution in [1.82, 2.24) is 4.98 Å². The summed E-state index contributed by atoms with van der Waals surface area (Å²) in [6.45, 7) is 2.02. The molecule has 0 aliphatic rings. The normalized spacial score (nSPS) is 13.6. The van der Waals surface area contributed by atoms with Crippen LogP contribution in [0.4, 0.5) is 0 Å². The summed E-state index contributed by atoms with van der Waals surface area (Å²) < 4.78 is 4.91. The van der Waals surface area contributed by atoms with E-state index in [-0.39, 0.29) is 6.42 Å². The summed E-state index contributed by atoms with van der Waals surface area (Å²) in [5.41, 5.74) is 1.46. The average molecular weight is 288 g/mol. The Labute approximate surface area is 121 Å². The highest BCUT2D eigenvalue weighted by Crippen LogP contribution is 2.24. The molecule has 2 aromatic rings. The lowest BCUT2D eigenvalue weighted by molar-refractivity contribution is 0.0217. The summed E-state index contributed by atoms with van der Waals surface area (Å²) in [5, 5.41) is 29.0. The number of aromatic amines is 1.